The lowest BCUT2D eigenvalue weighted by molar-refractivity contribution is 1.14. The number of benzene rings is 1. The SMILES string of the molecule is CC1=Cc2c(C)c3c(c(C)c2[CH]1)C=C(C)C3. The Balaban J connectivity index is 2.32. The first-order chi connectivity index (χ1) is 7.58. The van der Waals surface area contributed by atoms with Gasteiger partial charge in [0.1, 0.15) is 0 Å². The summed E-state index contributed by atoms with van der Waals surface area (Å²) in [5, 5.41) is 0. The molecule has 0 N–H and O–H groups in total. The van der Waals surface area contributed by atoms with Crippen LogP contribution in [0.3, 0.4) is 0 Å². The highest BCUT2D eigenvalue weighted by molar-refractivity contribution is 5.80. The third kappa shape index (κ3) is 1.16. The first-order valence-corrected chi connectivity index (χ1v) is 5.94. The van der Waals surface area contributed by atoms with Gasteiger partial charge in [0.25, 0.3) is 0 Å². The molecule has 0 heterocycles. The van der Waals surface area contributed by atoms with Gasteiger partial charge in [-0.1, -0.05) is 23.3 Å². The molecule has 2 aliphatic rings. The van der Waals surface area contributed by atoms with Gasteiger partial charge in [0.15, 0.2) is 0 Å². The van der Waals surface area contributed by atoms with Crippen LogP contribution < -0.4 is 0 Å². The number of rotatable bonds is 0. The maximum Gasteiger partial charge on any atom is 0.0164 e. The van der Waals surface area contributed by atoms with E-state index in [-0.39, 0.29) is 0 Å². The summed E-state index contributed by atoms with van der Waals surface area (Å²) in [6.07, 6.45) is 8.15. The van der Waals surface area contributed by atoms with Crippen LogP contribution in [0.4, 0.5) is 0 Å². The second kappa shape index (κ2) is 3.10. The molecule has 1 aromatic rings. The predicted octanol–water partition coefficient (Wildman–Crippen LogP) is 4.23. The van der Waals surface area contributed by atoms with Gasteiger partial charge in [-0.25, -0.2) is 0 Å². The largest absolute Gasteiger partial charge is 0.0683 e. The van der Waals surface area contributed by atoms with E-state index in [4.69, 9.17) is 0 Å². The van der Waals surface area contributed by atoms with E-state index in [2.05, 4.69) is 46.3 Å². The minimum atomic E-state index is 1.14. The predicted molar refractivity (Wildman–Crippen MR) is 70.3 cm³/mol. The van der Waals surface area contributed by atoms with Crippen LogP contribution in [0.15, 0.2) is 11.1 Å². The monoisotopic (exact) mass is 209 g/mol. The number of hydrogen-bond donors (Lipinski definition) is 0. The third-order valence-electron chi connectivity index (χ3n) is 3.87. The zero-order chi connectivity index (χ0) is 11.4. The van der Waals surface area contributed by atoms with E-state index in [1.54, 1.807) is 5.56 Å². The van der Waals surface area contributed by atoms with Crippen molar-refractivity contribution >= 4 is 12.2 Å². The topological polar surface area (TPSA) is 0 Å². The average molecular weight is 209 g/mol. The summed E-state index contributed by atoms with van der Waals surface area (Å²) < 4.78 is 0. The molecule has 0 heteroatoms. The quantitative estimate of drug-likeness (QED) is 0.599. The molecule has 0 nitrogen and oxygen atoms in total. The molecule has 0 bridgehead atoms. The van der Waals surface area contributed by atoms with Crippen molar-refractivity contribution < 1.29 is 0 Å². The molecule has 0 atom stereocenters. The summed E-state index contributed by atoms with van der Waals surface area (Å²) in [6, 6.07) is 0. The van der Waals surface area contributed by atoms with Gasteiger partial charge < -0.3 is 0 Å². The molecule has 0 aromatic heterocycles. The van der Waals surface area contributed by atoms with Gasteiger partial charge in [-0.05, 0) is 67.5 Å². The number of fused-ring (bicyclic) bond motifs is 2. The Morgan fingerprint density at radius 3 is 2.31 bits per heavy atom. The molecule has 0 amide bonds. The molecular formula is C16H17. The van der Waals surface area contributed by atoms with E-state index < -0.39 is 0 Å². The zero-order valence-electron chi connectivity index (χ0n) is 10.4. The van der Waals surface area contributed by atoms with Crippen LogP contribution in [0, 0.1) is 20.3 Å². The number of hydrogen-bond acceptors (Lipinski definition) is 0. The van der Waals surface area contributed by atoms with E-state index in [1.807, 2.05) is 0 Å². The fourth-order valence-electron chi connectivity index (χ4n) is 3.01. The van der Waals surface area contributed by atoms with Crippen LogP contribution in [0.2, 0.25) is 0 Å². The maximum atomic E-state index is 2.36. The minimum absolute atomic E-state index is 1.14. The van der Waals surface area contributed by atoms with Crippen LogP contribution in [-0.4, -0.2) is 0 Å². The summed E-state index contributed by atoms with van der Waals surface area (Å²) in [5.41, 5.74) is 11.7. The lowest BCUT2D eigenvalue weighted by Crippen LogP contribution is -1.99. The first kappa shape index (κ1) is 9.89. The van der Waals surface area contributed by atoms with Gasteiger partial charge in [-0.15, -0.1) is 0 Å². The smallest absolute Gasteiger partial charge is 0.0164 e. The summed E-state index contributed by atoms with van der Waals surface area (Å²) in [7, 11) is 0. The summed E-state index contributed by atoms with van der Waals surface area (Å²) in [6.45, 7) is 8.95. The minimum Gasteiger partial charge on any atom is -0.0683 e. The average Bonchev–Trinajstić information content (AvgIpc) is 2.78. The van der Waals surface area contributed by atoms with Crippen molar-refractivity contribution in [3.8, 4) is 0 Å². The van der Waals surface area contributed by atoms with Gasteiger partial charge in [0.05, 0.1) is 0 Å². The molecule has 2 aliphatic carbocycles. The van der Waals surface area contributed by atoms with E-state index >= 15 is 0 Å². The highest BCUT2D eigenvalue weighted by Crippen LogP contribution is 2.40. The Morgan fingerprint density at radius 1 is 0.812 bits per heavy atom. The van der Waals surface area contributed by atoms with Crippen molar-refractivity contribution in [1.29, 1.82) is 0 Å². The lowest BCUT2D eigenvalue weighted by atomic mass is 9.90. The van der Waals surface area contributed by atoms with Gasteiger partial charge in [-0.3, -0.25) is 0 Å². The van der Waals surface area contributed by atoms with Crippen molar-refractivity contribution in [2.45, 2.75) is 34.1 Å². The molecule has 0 unspecified atom stereocenters. The molecule has 0 aliphatic heterocycles. The highest BCUT2D eigenvalue weighted by Gasteiger charge is 2.23. The van der Waals surface area contributed by atoms with Crippen molar-refractivity contribution in [1.82, 2.24) is 0 Å². The highest BCUT2D eigenvalue weighted by atomic mass is 14.3. The molecule has 3 rings (SSSR count). The molecule has 0 saturated heterocycles. The van der Waals surface area contributed by atoms with E-state index in [0.29, 0.717) is 0 Å². The fraction of sp³-hybridized carbons (Fsp3) is 0.312. The van der Waals surface area contributed by atoms with Crippen LogP contribution in [0.1, 0.15) is 47.2 Å². The lowest BCUT2D eigenvalue weighted by Gasteiger charge is -2.14. The molecule has 16 heavy (non-hydrogen) atoms. The van der Waals surface area contributed by atoms with E-state index in [9.17, 15) is 0 Å². The van der Waals surface area contributed by atoms with Crippen molar-refractivity contribution in [2.75, 3.05) is 0 Å². The molecule has 0 saturated carbocycles. The van der Waals surface area contributed by atoms with Gasteiger partial charge in [0.2, 0.25) is 0 Å². The third-order valence-corrected chi connectivity index (χ3v) is 3.87. The molecule has 0 fully saturated rings. The fourth-order valence-corrected chi connectivity index (χ4v) is 3.01. The van der Waals surface area contributed by atoms with Crippen LogP contribution in [0.25, 0.3) is 12.2 Å². The maximum absolute atomic E-state index is 2.36. The van der Waals surface area contributed by atoms with Crippen molar-refractivity contribution in [3.05, 3.63) is 50.9 Å². The summed E-state index contributed by atoms with van der Waals surface area (Å²) in [4.78, 5) is 0. The second-order valence-electron chi connectivity index (χ2n) is 5.17. The van der Waals surface area contributed by atoms with E-state index in [0.717, 1.165) is 6.42 Å². The van der Waals surface area contributed by atoms with Crippen LogP contribution >= 0.6 is 0 Å². The van der Waals surface area contributed by atoms with Crippen molar-refractivity contribution in [2.24, 2.45) is 0 Å². The second-order valence-corrected chi connectivity index (χ2v) is 5.17. The zero-order valence-corrected chi connectivity index (χ0v) is 10.4. The molecule has 1 aromatic carbocycles. The Kier molecular flexibility index (Phi) is 1.92. The molecule has 81 valence electrons. The van der Waals surface area contributed by atoms with Gasteiger partial charge >= 0.3 is 0 Å². The van der Waals surface area contributed by atoms with Crippen LogP contribution in [-0.2, 0) is 6.42 Å². The van der Waals surface area contributed by atoms with E-state index in [1.165, 1.54) is 39.0 Å². The standard InChI is InChI=1S/C16H17/c1-9-5-13-11(3)15-7-10(2)8-16(15)12(4)14(13)6-9/h5-7H,8H2,1-4H3. The molecule has 1 radical (unpaired) electrons. The molecular weight excluding hydrogens is 192 g/mol. The Morgan fingerprint density at radius 2 is 1.56 bits per heavy atom. The molecule has 0 spiro atoms. The first-order valence-electron chi connectivity index (χ1n) is 5.94. The summed E-state index contributed by atoms with van der Waals surface area (Å²) in [5.74, 6) is 0. The Labute approximate surface area is 97.7 Å². The van der Waals surface area contributed by atoms with Gasteiger partial charge in [0, 0.05) is 6.42 Å². The summed E-state index contributed by atoms with van der Waals surface area (Å²) >= 11 is 0. The normalized spacial score (nSPS) is 17.0. The van der Waals surface area contributed by atoms with Crippen molar-refractivity contribution in [3.63, 3.8) is 0 Å². The number of allylic oxidation sites excluding steroid dienone is 2. The Bertz CT molecular complexity index is 502. The van der Waals surface area contributed by atoms with Crippen LogP contribution in [0.5, 0.6) is 0 Å². The van der Waals surface area contributed by atoms with Gasteiger partial charge in [-0.2, -0.15) is 0 Å². The Hall–Kier alpha value is -1.30.